The molecular formula is C10H13NO4S2. The van der Waals surface area contributed by atoms with Gasteiger partial charge in [-0.2, -0.15) is 0 Å². The lowest BCUT2D eigenvalue weighted by atomic mass is 10.4. The summed E-state index contributed by atoms with van der Waals surface area (Å²) in [6.07, 6.45) is 3.14. The maximum absolute atomic E-state index is 12.0. The van der Waals surface area contributed by atoms with Crippen LogP contribution >= 0.6 is 11.3 Å². The zero-order valence-corrected chi connectivity index (χ0v) is 10.7. The maximum atomic E-state index is 12.0. The Balaban J connectivity index is 2.20. The quantitative estimate of drug-likeness (QED) is 0.881. The monoisotopic (exact) mass is 275 g/mol. The van der Waals surface area contributed by atoms with E-state index in [1.165, 1.54) is 6.07 Å². The average molecular weight is 275 g/mol. The van der Waals surface area contributed by atoms with E-state index in [-0.39, 0.29) is 15.8 Å². The lowest BCUT2D eigenvalue weighted by molar-refractivity contribution is 0.0703. The number of rotatable bonds is 4. The number of carboxylic acids is 1. The molecule has 7 heteroatoms. The fraction of sp³-hybridized carbons (Fsp3) is 0.500. The Bertz CT molecular complexity index is 514. The summed E-state index contributed by atoms with van der Waals surface area (Å²) in [6, 6.07) is 1.49. The van der Waals surface area contributed by atoms with Gasteiger partial charge < -0.3 is 5.11 Å². The number of sulfonamides is 1. The highest BCUT2D eigenvalue weighted by molar-refractivity contribution is 7.93. The first-order valence-electron chi connectivity index (χ1n) is 5.33. The van der Waals surface area contributed by atoms with Crippen molar-refractivity contribution in [2.24, 2.45) is 0 Å². The molecule has 1 heterocycles. The van der Waals surface area contributed by atoms with Gasteiger partial charge in [0.2, 0.25) is 10.0 Å². The first-order valence-corrected chi connectivity index (χ1v) is 7.76. The highest BCUT2D eigenvalue weighted by atomic mass is 32.2. The van der Waals surface area contributed by atoms with Gasteiger partial charge in [0, 0.05) is 0 Å². The minimum atomic E-state index is -3.45. The smallest absolute Gasteiger partial charge is 0.348 e. The van der Waals surface area contributed by atoms with Gasteiger partial charge in [0.05, 0.1) is 10.9 Å². The second-order valence-corrected chi connectivity index (χ2v) is 6.90. The van der Waals surface area contributed by atoms with Gasteiger partial charge in [-0.25, -0.2) is 13.2 Å². The highest BCUT2D eigenvalue weighted by Crippen LogP contribution is 2.29. The van der Waals surface area contributed by atoms with Crippen LogP contribution in [0.25, 0.3) is 0 Å². The van der Waals surface area contributed by atoms with Crippen LogP contribution in [0.3, 0.4) is 0 Å². The Morgan fingerprint density at radius 2 is 2.06 bits per heavy atom. The molecule has 1 saturated carbocycles. The summed E-state index contributed by atoms with van der Waals surface area (Å²) in [5.41, 5.74) is 0.175. The minimum Gasteiger partial charge on any atom is -0.477 e. The number of hydrogen-bond donors (Lipinski definition) is 2. The summed E-state index contributed by atoms with van der Waals surface area (Å²) in [6.45, 7) is 0. The average Bonchev–Trinajstić information content (AvgIpc) is 2.85. The van der Waals surface area contributed by atoms with Crippen molar-refractivity contribution in [1.82, 2.24) is 0 Å². The van der Waals surface area contributed by atoms with Gasteiger partial charge in [-0.05, 0) is 24.3 Å². The molecule has 0 aromatic carbocycles. The van der Waals surface area contributed by atoms with Crippen LogP contribution in [0, 0.1) is 0 Å². The van der Waals surface area contributed by atoms with Crippen LogP contribution in [0.2, 0.25) is 0 Å². The third kappa shape index (κ3) is 2.61. The predicted octanol–water partition coefficient (Wildman–Crippen LogP) is 2.13. The predicted molar refractivity (Wildman–Crippen MR) is 66.1 cm³/mol. The van der Waals surface area contributed by atoms with E-state index in [1.807, 2.05) is 0 Å². The van der Waals surface area contributed by atoms with E-state index in [2.05, 4.69) is 4.72 Å². The van der Waals surface area contributed by atoms with Crippen LogP contribution in [-0.2, 0) is 10.0 Å². The largest absolute Gasteiger partial charge is 0.477 e. The summed E-state index contributed by atoms with van der Waals surface area (Å²) in [7, 11) is -3.45. The number of anilines is 1. The molecule has 0 radical (unpaired) electrons. The first-order chi connectivity index (χ1) is 8.00. The molecule has 0 saturated heterocycles. The van der Waals surface area contributed by atoms with Crippen molar-refractivity contribution < 1.29 is 18.3 Å². The molecule has 0 amide bonds. The Hall–Kier alpha value is -1.08. The van der Waals surface area contributed by atoms with Crippen LogP contribution in [0.4, 0.5) is 5.69 Å². The molecule has 1 fully saturated rings. The van der Waals surface area contributed by atoms with Crippen LogP contribution in [0.1, 0.15) is 35.4 Å². The molecule has 0 atom stereocenters. The van der Waals surface area contributed by atoms with Crippen molar-refractivity contribution in [2.45, 2.75) is 30.9 Å². The van der Waals surface area contributed by atoms with E-state index >= 15 is 0 Å². The summed E-state index contributed by atoms with van der Waals surface area (Å²) in [5, 5.41) is 10.1. The molecule has 0 aliphatic heterocycles. The zero-order valence-electron chi connectivity index (χ0n) is 9.05. The number of carbonyl (C=O) groups is 1. The number of thiophene rings is 1. The third-order valence-electron chi connectivity index (χ3n) is 2.85. The topological polar surface area (TPSA) is 83.5 Å². The molecule has 0 spiro atoms. The van der Waals surface area contributed by atoms with E-state index in [9.17, 15) is 13.2 Å². The Morgan fingerprint density at radius 3 is 2.65 bits per heavy atom. The SMILES string of the molecule is O=C(O)c1sccc1NS(=O)(=O)C1CCCC1. The molecule has 5 nitrogen and oxygen atoms in total. The van der Waals surface area contributed by atoms with Crippen molar-refractivity contribution in [3.63, 3.8) is 0 Å². The summed E-state index contributed by atoms with van der Waals surface area (Å²) in [5.74, 6) is -1.11. The summed E-state index contributed by atoms with van der Waals surface area (Å²) >= 11 is 1.01. The van der Waals surface area contributed by atoms with Crippen LogP contribution in [-0.4, -0.2) is 24.7 Å². The van der Waals surface area contributed by atoms with Crippen LogP contribution in [0.5, 0.6) is 0 Å². The van der Waals surface area contributed by atoms with Gasteiger partial charge in [0.15, 0.2) is 0 Å². The van der Waals surface area contributed by atoms with Crippen molar-refractivity contribution in [1.29, 1.82) is 0 Å². The standard InChI is InChI=1S/C10H13NO4S2/c12-10(13)9-8(5-6-16-9)11-17(14,15)7-3-1-2-4-7/h5-7,11H,1-4H2,(H,12,13). The Kier molecular flexibility index (Phi) is 3.39. The number of aromatic carboxylic acids is 1. The molecule has 17 heavy (non-hydrogen) atoms. The first kappa shape index (κ1) is 12.4. The van der Waals surface area contributed by atoms with E-state index < -0.39 is 16.0 Å². The van der Waals surface area contributed by atoms with Crippen LogP contribution < -0.4 is 4.72 Å². The third-order valence-corrected chi connectivity index (χ3v) is 5.61. The fourth-order valence-electron chi connectivity index (χ4n) is 1.99. The molecule has 1 aliphatic carbocycles. The molecule has 94 valence electrons. The Labute approximate surface area is 104 Å². The van der Waals surface area contributed by atoms with E-state index in [1.54, 1.807) is 5.38 Å². The number of carboxylic acid groups (broad SMARTS) is 1. The summed E-state index contributed by atoms with van der Waals surface area (Å²) < 4.78 is 26.3. The molecule has 2 N–H and O–H groups in total. The van der Waals surface area contributed by atoms with Gasteiger partial charge in [0.25, 0.3) is 0 Å². The van der Waals surface area contributed by atoms with Gasteiger partial charge in [-0.15, -0.1) is 11.3 Å². The second kappa shape index (κ2) is 4.66. The van der Waals surface area contributed by atoms with E-state index in [4.69, 9.17) is 5.11 Å². The molecule has 0 unspecified atom stereocenters. The van der Waals surface area contributed by atoms with E-state index in [0.717, 1.165) is 24.2 Å². The molecule has 1 aromatic rings. The normalized spacial score (nSPS) is 17.2. The van der Waals surface area contributed by atoms with Crippen molar-refractivity contribution in [3.05, 3.63) is 16.3 Å². The van der Waals surface area contributed by atoms with E-state index in [0.29, 0.717) is 12.8 Å². The van der Waals surface area contributed by atoms with Crippen molar-refractivity contribution in [3.8, 4) is 0 Å². The number of nitrogens with one attached hydrogen (secondary N) is 1. The number of hydrogen-bond acceptors (Lipinski definition) is 4. The maximum Gasteiger partial charge on any atom is 0.348 e. The molecular weight excluding hydrogens is 262 g/mol. The summed E-state index contributed by atoms with van der Waals surface area (Å²) in [4.78, 5) is 10.9. The van der Waals surface area contributed by atoms with Crippen molar-refractivity contribution in [2.75, 3.05) is 4.72 Å². The van der Waals surface area contributed by atoms with Crippen LogP contribution in [0.15, 0.2) is 11.4 Å². The Morgan fingerprint density at radius 1 is 1.41 bits per heavy atom. The lowest BCUT2D eigenvalue weighted by Crippen LogP contribution is -2.25. The zero-order chi connectivity index (χ0) is 12.5. The van der Waals surface area contributed by atoms with Gasteiger partial charge >= 0.3 is 5.97 Å². The fourth-order valence-corrected chi connectivity index (χ4v) is 4.34. The van der Waals surface area contributed by atoms with Gasteiger partial charge in [-0.3, -0.25) is 4.72 Å². The highest BCUT2D eigenvalue weighted by Gasteiger charge is 2.29. The van der Waals surface area contributed by atoms with Crippen molar-refractivity contribution >= 4 is 33.0 Å². The minimum absolute atomic E-state index is 0.0339. The van der Waals surface area contributed by atoms with Gasteiger partial charge in [-0.1, -0.05) is 12.8 Å². The molecule has 1 aromatic heterocycles. The second-order valence-electron chi connectivity index (χ2n) is 4.02. The van der Waals surface area contributed by atoms with Gasteiger partial charge in [0.1, 0.15) is 4.88 Å². The lowest BCUT2D eigenvalue weighted by Gasteiger charge is -2.12. The molecule has 2 rings (SSSR count). The molecule has 0 bridgehead atoms. The molecule has 1 aliphatic rings.